The van der Waals surface area contributed by atoms with Crippen LogP contribution in [0, 0.1) is 0 Å². The van der Waals surface area contributed by atoms with Gasteiger partial charge in [-0.2, -0.15) is 0 Å². The molecule has 0 bridgehead atoms. The van der Waals surface area contributed by atoms with Gasteiger partial charge in [0.25, 0.3) is 0 Å². The molecule has 0 aliphatic rings. The molecule has 0 saturated carbocycles. The molecule has 0 aliphatic heterocycles. The van der Waals surface area contributed by atoms with E-state index in [1.807, 2.05) is 37.3 Å². The Hall–Kier alpha value is -2.21. The summed E-state index contributed by atoms with van der Waals surface area (Å²) in [6.45, 7) is 2.26. The number of thiazole rings is 1. The van der Waals surface area contributed by atoms with E-state index < -0.39 is 5.97 Å². The largest absolute Gasteiger partial charge is 0.476 e. The Balaban J connectivity index is 1.83. The summed E-state index contributed by atoms with van der Waals surface area (Å²) in [7, 11) is 0. The Morgan fingerprint density at radius 3 is 2.67 bits per heavy atom. The third kappa shape index (κ3) is 4.39. The molecule has 0 saturated heterocycles. The Morgan fingerprint density at radius 2 is 2.05 bits per heavy atom. The van der Waals surface area contributed by atoms with Crippen LogP contribution in [0.25, 0.3) is 0 Å². The van der Waals surface area contributed by atoms with E-state index in [-0.39, 0.29) is 24.1 Å². The van der Waals surface area contributed by atoms with E-state index in [2.05, 4.69) is 10.3 Å². The molecule has 110 valence electrons. The lowest BCUT2D eigenvalue weighted by molar-refractivity contribution is -0.121. The lowest BCUT2D eigenvalue weighted by Gasteiger charge is -2.11. The summed E-state index contributed by atoms with van der Waals surface area (Å²) in [6, 6.07) is 9.84. The lowest BCUT2D eigenvalue weighted by atomic mass is 9.98. The molecular weight excluding hydrogens is 288 g/mol. The van der Waals surface area contributed by atoms with E-state index in [0.717, 1.165) is 5.56 Å². The number of aromatic carboxylic acids is 1. The highest BCUT2D eigenvalue weighted by atomic mass is 32.1. The van der Waals surface area contributed by atoms with Gasteiger partial charge >= 0.3 is 5.97 Å². The molecule has 2 aromatic rings. The van der Waals surface area contributed by atoms with Crippen molar-refractivity contribution in [2.24, 2.45) is 0 Å². The smallest absolute Gasteiger partial charge is 0.355 e. The summed E-state index contributed by atoms with van der Waals surface area (Å²) in [6.07, 6.45) is 0.390. The van der Waals surface area contributed by atoms with Crippen LogP contribution in [0.15, 0.2) is 35.7 Å². The molecule has 1 unspecified atom stereocenters. The first kappa shape index (κ1) is 15.2. The van der Waals surface area contributed by atoms with Gasteiger partial charge in [0.1, 0.15) is 5.01 Å². The SMILES string of the molecule is CC(CC(=O)NCc1nc(C(=O)O)cs1)c1ccccc1. The summed E-state index contributed by atoms with van der Waals surface area (Å²) in [4.78, 5) is 26.5. The molecule has 2 rings (SSSR count). The highest BCUT2D eigenvalue weighted by molar-refractivity contribution is 7.09. The molecule has 1 heterocycles. The van der Waals surface area contributed by atoms with Gasteiger partial charge in [0.2, 0.25) is 5.91 Å². The number of amides is 1. The number of carbonyl (C=O) groups is 2. The van der Waals surface area contributed by atoms with Crippen LogP contribution in [0.4, 0.5) is 0 Å². The summed E-state index contributed by atoms with van der Waals surface area (Å²) in [5.41, 5.74) is 1.14. The first-order valence-corrected chi connectivity index (χ1v) is 7.43. The minimum absolute atomic E-state index is 0.0157. The van der Waals surface area contributed by atoms with Crippen LogP contribution < -0.4 is 5.32 Å². The minimum atomic E-state index is -1.05. The van der Waals surface area contributed by atoms with E-state index in [1.165, 1.54) is 16.7 Å². The molecule has 1 aromatic carbocycles. The quantitative estimate of drug-likeness (QED) is 0.860. The first-order valence-electron chi connectivity index (χ1n) is 6.55. The third-order valence-corrected chi connectivity index (χ3v) is 3.92. The number of nitrogens with one attached hydrogen (secondary N) is 1. The van der Waals surface area contributed by atoms with Crippen molar-refractivity contribution in [2.75, 3.05) is 0 Å². The van der Waals surface area contributed by atoms with Gasteiger partial charge in [-0.1, -0.05) is 37.3 Å². The summed E-state index contributed by atoms with van der Waals surface area (Å²) in [5, 5.41) is 13.6. The van der Waals surface area contributed by atoms with E-state index >= 15 is 0 Å². The van der Waals surface area contributed by atoms with Crippen molar-refractivity contribution in [3.05, 3.63) is 52.0 Å². The molecular formula is C15H16N2O3S. The molecule has 0 aliphatic carbocycles. The van der Waals surface area contributed by atoms with Crippen molar-refractivity contribution in [1.82, 2.24) is 10.3 Å². The number of nitrogens with zero attached hydrogens (tertiary/aromatic N) is 1. The van der Waals surface area contributed by atoms with Crippen molar-refractivity contribution in [3.8, 4) is 0 Å². The van der Waals surface area contributed by atoms with Gasteiger partial charge in [-0.25, -0.2) is 9.78 Å². The fourth-order valence-electron chi connectivity index (χ4n) is 1.91. The van der Waals surface area contributed by atoms with Crippen molar-refractivity contribution in [3.63, 3.8) is 0 Å². The molecule has 5 nitrogen and oxygen atoms in total. The summed E-state index contributed by atoms with van der Waals surface area (Å²) < 4.78 is 0. The van der Waals surface area contributed by atoms with Crippen LogP contribution in [0.3, 0.4) is 0 Å². The maximum atomic E-state index is 11.9. The number of carboxylic acid groups (broad SMARTS) is 1. The molecule has 1 atom stereocenters. The molecule has 1 amide bonds. The standard InChI is InChI=1S/C15H16N2O3S/c1-10(11-5-3-2-4-6-11)7-13(18)16-8-14-17-12(9-21-14)15(19)20/h2-6,9-10H,7-8H2,1H3,(H,16,18)(H,19,20). The average molecular weight is 304 g/mol. The van der Waals surface area contributed by atoms with Gasteiger partial charge in [-0.05, 0) is 11.5 Å². The van der Waals surface area contributed by atoms with E-state index in [0.29, 0.717) is 11.4 Å². The number of benzene rings is 1. The number of aromatic nitrogens is 1. The van der Waals surface area contributed by atoms with Gasteiger partial charge in [0, 0.05) is 11.8 Å². The van der Waals surface area contributed by atoms with Gasteiger partial charge in [-0.3, -0.25) is 4.79 Å². The normalized spacial score (nSPS) is 11.9. The van der Waals surface area contributed by atoms with Crippen LogP contribution >= 0.6 is 11.3 Å². The Kier molecular flexibility index (Phi) is 5.05. The molecule has 2 N–H and O–H groups in total. The van der Waals surface area contributed by atoms with Gasteiger partial charge in [0.15, 0.2) is 5.69 Å². The second-order valence-corrected chi connectivity index (χ2v) is 5.67. The Bertz CT molecular complexity index is 625. The second-order valence-electron chi connectivity index (χ2n) is 4.72. The minimum Gasteiger partial charge on any atom is -0.476 e. The van der Waals surface area contributed by atoms with Crippen molar-refractivity contribution in [1.29, 1.82) is 0 Å². The van der Waals surface area contributed by atoms with Crippen molar-refractivity contribution < 1.29 is 14.7 Å². The van der Waals surface area contributed by atoms with Gasteiger partial charge in [0.05, 0.1) is 6.54 Å². The van der Waals surface area contributed by atoms with Crippen LogP contribution in [-0.4, -0.2) is 22.0 Å². The molecule has 0 fully saturated rings. The highest BCUT2D eigenvalue weighted by Crippen LogP contribution is 2.18. The lowest BCUT2D eigenvalue weighted by Crippen LogP contribution is -2.24. The second kappa shape index (κ2) is 6.99. The van der Waals surface area contributed by atoms with E-state index in [1.54, 1.807) is 0 Å². The predicted octanol–water partition coefficient (Wildman–Crippen LogP) is 2.65. The zero-order valence-corrected chi connectivity index (χ0v) is 12.4. The van der Waals surface area contributed by atoms with E-state index in [9.17, 15) is 9.59 Å². The maximum absolute atomic E-state index is 11.9. The topological polar surface area (TPSA) is 79.3 Å². The monoisotopic (exact) mass is 304 g/mol. The number of carbonyl (C=O) groups excluding carboxylic acids is 1. The Labute approximate surface area is 126 Å². The Morgan fingerprint density at radius 1 is 1.33 bits per heavy atom. The van der Waals surface area contributed by atoms with Gasteiger partial charge in [-0.15, -0.1) is 11.3 Å². The van der Waals surface area contributed by atoms with Crippen LogP contribution in [0.2, 0.25) is 0 Å². The van der Waals surface area contributed by atoms with E-state index in [4.69, 9.17) is 5.11 Å². The van der Waals surface area contributed by atoms with Crippen molar-refractivity contribution >= 4 is 23.2 Å². The van der Waals surface area contributed by atoms with Crippen molar-refractivity contribution in [2.45, 2.75) is 25.8 Å². The predicted molar refractivity (Wildman–Crippen MR) is 80.4 cm³/mol. The van der Waals surface area contributed by atoms with Crippen LogP contribution in [0.5, 0.6) is 0 Å². The molecule has 6 heteroatoms. The molecule has 1 aromatic heterocycles. The average Bonchev–Trinajstić information content (AvgIpc) is 2.95. The first-order chi connectivity index (χ1) is 10.1. The molecule has 0 spiro atoms. The molecule has 21 heavy (non-hydrogen) atoms. The highest BCUT2D eigenvalue weighted by Gasteiger charge is 2.12. The zero-order valence-electron chi connectivity index (χ0n) is 11.6. The number of hydrogen-bond donors (Lipinski definition) is 2. The zero-order chi connectivity index (χ0) is 15.2. The van der Waals surface area contributed by atoms with Crippen LogP contribution in [0.1, 0.15) is 40.3 Å². The van der Waals surface area contributed by atoms with Crippen LogP contribution in [-0.2, 0) is 11.3 Å². The number of carboxylic acids is 1. The number of hydrogen-bond acceptors (Lipinski definition) is 4. The summed E-state index contributed by atoms with van der Waals surface area (Å²) in [5.74, 6) is -0.989. The van der Waals surface area contributed by atoms with Gasteiger partial charge < -0.3 is 10.4 Å². The maximum Gasteiger partial charge on any atom is 0.355 e. The fraction of sp³-hybridized carbons (Fsp3) is 0.267. The summed E-state index contributed by atoms with van der Waals surface area (Å²) >= 11 is 1.23. The third-order valence-electron chi connectivity index (χ3n) is 3.07. The molecule has 0 radical (unpaired) electrons. The fourth-order valence-corrected chi connectivity index (χ4v) is 2.62. The number of rotatable bonds is 6.